The summed E-state index contributed by atoms with van der Waals surface area (Å²) in [6.45, 7) is 0.754. The molecule has 1 unspecified atom stereocenters. The molecule has 19 heteroatoms. The number of phenolic OH excluding ortho intramolecular Hbond substituents is 7. The molecule has 0 aromatic heterocycles. The van der Waals surface area contributed by atoms with Gasteiger partial charge in [-0.2, -0.15) is 0 Å². The predicted molar refractivity (Wildman–Crippen MR) is 173 cm³/mol. The van der Waals surface area contributed by atoms with Crippen molar-refractivity contribution in [2.24, 2.45) is 0 Å². The molecule has 53 heavy (non-hydrogen) atoms. The van der Waals surface area contributed by atoms with Gasteiger partial charge in [-0.05, 0) is 37.3 Å². The summed E-state index contributed by atoms with van der Waals surface area (Å²) in [5.74, 6) is -5.92. The molecule has 6 rings (SSSR count). The fraction of sp³-hybridized carbons (Fsp3) is 0.382. The minimum atomic E-state index is -2.04. The SMILES string of the molecule is C[C@H]1O[C@H](OC[C@H]2O[C@@H](OC3=Cc4c(O)cc(O)cc4[OH+]C3c3ccc(O)c(O)c3)[C@H](OC(=O)c3cc(O)c(O)c(O)c3)[C@@H](O)[C@H]2O)[C@@H](O)[C@@H](O)[C@H]1O. The maximum absolute atomic E-state index is 13.3. The number of aliphatic hydroxyl groups is 6. The van der Waals surface area contributed by atoms with Crippen molar-refractivity contribution in [3.63, 3.8) is 0 Å². The first-order valence-electron chi connectivity index (χ1n) is 16.0. The zero-order valence-electron chi connectivity index (χ0n) is 27.4. The Labute approximate surface area is 298 Å². The van der Waals surface area contributed by atoms with Gasteiger partial charge in [-0.1, -0.05) is 0 Å². The van der Waals surface area contributed by atoms with Crippen LogP contribution in [-0.4, -0.2) is 140 Å². The molecule has 3 heterocycles. The molecule has 3 aliphatic rings. The van der Waals surface area contributed by atoms with Crippen LogP contribution in [0, 0.1) is 0 Å². The Balaban J connectivity index is 1.35. The van der Waals surface area contributed by atoms with Gasteiger partial charge >= 0.3 is 5.97 Å². The first kappa shape index (κ1) is 37.5. The van der Waals surface area contributed by atoms with E-state index >= 15 is 0 Å². The molecule has 13 N–H and O–H groups in total. The molecule has 0 bridgehead atoms. The molecule has 0 aliphatic carbocycles. The van der Waals surface area contributed by atoms with Crippen molar-refractivity contribution in [2.75, 3.05) is 6.61 Å². The van der Waals surface area contributed by atoms with Gasteiger partial charge < -0.3 is 89.7 Å². The van der Waals surface area contributed by atoms with Crippen LogP contribution >= 0.6 is 0 Å². The van der Waals surface area contributed by atoms with Crippen LogP contribution in [0.5, 0.6) is 46.0 Å². The average Bonchev–Trinajstić information content (AvgIpc) is 3.11. The van der Waals surface area contributed by atoms with E-state index in [2.05, 4.69) is 4.74 Å². The molecule has 3 aromatic rings. The van der Waals surface area contributed by atoms with Gasteiger partial charge in [-0.25, -0.2) is 4.79 Å². The summed E-state index contributed by atoms with van der Waals surface area (Å²) >= 11 is 0. The van der Waals surface area contributed by atoms with E-state index in [1.165, 1.54) is 25.1 Å². The van der Waals surface area contributed by atoms with Gasteiger partial charge in [-0.3, -0.25) is 0 Å². The Hall–Kier alpha value is -5.25. The number of esters is 1. The maximum Gasteiger partial charge on any atom is 0.339 e. The van der Waals surface area contributed by atoms with E-state index in [1.807, 2.05) is 0 Å². The second-order valence-corrected chi connectivity index (χ2v) is 12.6. The molecule has 286 valence electrons. The highest BCUT2D eigenvalue weighted by atomic mass is 16.7. The lowest BCUT2D eigenvalue weighted by Gasteiger charge is -2.43. The van der Waals surface area contributed by atoms with Crippen molar-refractivity contribution in [1.82, 2.24) is 0 Å². The number of rotatable bonds is 8. The number of aliphatic hydroxyl groups excluding tert-OH is 5. The van der Waals surface area contributed by atoms with Crippen LogP contribution in [0.3, 0.4) is 0 Å². The monoisotopic (exact) mass is 749 g/mol. The number of phenols is 7. The second-order valence-electron chi connectivity index (χ2n) is 12.6. The third-order valence-corrected chi connectivity index (χ3v) is 8.94. The number of aromatic hydroxyl groups is 8. The van der Waals surface area contributed by atoms with Gasteiger partial charge in [0, 0.05) is 12.1 Å². The number of carbonyl (C=O) groups is 1. The quantitative estimate of drug-likeness (QED) is 0.0784. The highest BCUT2D eigenvalue weighted by molar-refractivity contribution is 5.91. The molecule has 3 aliphatic heterocycles. The summed E-state index contributed by atoms with van der Waals surface area (Å²) in [5, 5.41) is 124. The predicted octanol–water partition coefficient (Wildman–Crippen LogP) is -0.504. The highest BCUT2D eigenvalue weighted by Gasteiger charge is 2.51. The van der Waals surface area contributed by atoms with Crippen molar-refractivity contribution in [3.8, 4) is 46.0 Å². The first-order chi connectivity index (χ1) is 25.0. The van der Waals surface area contributed by atoms with Crippen molar-refractivity contribution in [2.45, 2.75) is 74.4 Å². The molecule has 11 atom stereocenters. The Morgan fingerprint density at radius 3 is 2.11 bits per heavy atom. The maximum atomic E-state index is 13.3. The van der Waals surface area contributed by atoms with Crippen LogP contribution < -0.4 is 0 Å². The zero-order valence-corrected chi connectivity index (χ0v) is 27.4. The summed E-state index contributed by atoms with van der Waals surface area (Å²) in [6, 6.07) is 7.43. The summed E-state index contributed by atoms with van der Waals surface area (Å²) in [6.07, 6.45) is -16.6. The van der Waals surface area contributed by atoms with Gasteiger partial charge in [0.05, 0.1) is 29.9 Å². The Morgan fingerprint density at radius 2 is 1.43 bits per heavy atom. The van der Waals surface area contributed by atoms with Crippen LogP contribution in [0.1, 0.15) is 34.5 Å². The smallest absolute Gasteiger partial charge is 0.339 e. The normalized spacial score (nSPS) is 31.1. The number of fused-ring (bicyclic) bond motifs is 1. The fourth-order valence-corrected chi connectivity index (χ4v) is 5.99. The fourth-order valence-electron chi connectivity index (χ4n) is 5.99. The summed E-state index contributed by atoms with van der Waals surface area (Å²) < 4.78 is 33.1. The summed E-state index contributed by atoms with van der Waals surface area (Å²) in [4.78, 5) is 13.3. The molecule has 19 nitrogen and oxygen atoms in total. The minimum absolute atomic E-state index is 0.0372. The third kappa shape index (κ3) is 7.36. The van der Waals surface area contributed by atoms with Gasteiger partial charge in [0.2, 0.25) is 6.29 Å². The van der Waals surface area contributed by atoms with Gasteiger partial charge in [0.15, 0.2) is 46.9 Å². The van der Waals surface area contributed by atoms with E-state index in [0.717, 1.165) is 30.3 Å². The molecule has 0 spiro atoms. The zero-order chi connectivity index (χ0) is 38.5. The Kier molecular flexibility index (Phi) is 10.4. The number of benzene rings is 3. The van der Waals surface area contributed by atoms with Crippen molar-refractivity contribution < 1.29 is 94.5 Å². The van der Waals surface area contributed by atoms with Gasteiger partial charge in [0.25, 0.3) is 11.9 Å². The van der Waals surface area contributed by atoms with E-state index in [1.54, 1.807) is 0 Å². The lowest BCUT2D eigenvalue weighted by Crippen LogP contribution is -2.62. The van der Waals surface area contributed by atoms with Gasteiger partial charge in [0.1, 0.15) is 53.7 Å². The van der Waals surface area contributed by atoms with Crippen molar-refractivity contribution in [1.29, 1.82) is 0 Å². The molecular weight excluding hydrogens is 712 g/mol. The number of carbonyl (C=O) groups excluding carboxylic acids is 1. The molecular formula is C34H37O19+. The van der Waals surface area contributed by atoms with Crippen LogP contribution in [-0.2, 0) is 23.7 Å². The average molecular weight is 750 g/mol. The first-order valence-corrected chi connectivity index (χ1v) is 16.0. The lowest BCUT2D eigenvalue weighted by molar-refractivity contribution is -0.324. The van der Waals surface area contributed by atoms with Crippen LogP contribution in [0.25, 0.3) is 6.08 Å². The number of ether oxygens (including phenoxy) is 6. The molecule has 0 saturated carbocycles. The highest BCUT2D eigenvalue weighted by Crippen LogP contribution is 2.46. The topological polar surface area (TPSA) is 319 Å². The summed E-state index contributed by atoms with van der Waals surface area (Å²) in [5.41, 5.74) is -0.279. The lowest BCUT2D eigenvalue weighted by atomic mass is 9.97. The van der Waals surface area contributed by atoms with Crippen LogP contribution in [0.2, 0.25) is 0 Å². The number of hydrogen-bond acceptors (Lipinski definition) is 18. The minimum Gasteiger partial charge on any atom is -0.571 e. The van der Waals surface area contributed by atoms with Crippen LogP contribution in [0.4, 0.5) is 0 Å². The summed E-state index contributed by atoms with van der Waals surface area (Å²) in [7, 11) is 0. The Morgan fingerprint density at radius 1 is 0.736 bits per heavy atom. The number of hydrogen-bond donors (Lipinski definition) is 12. The second kappa shape index (κ2) is 14.6. The van der Waals surface area contributed by atoms with Gasteiger partial charge in [-0.15, -0.1) is 0 Å². The van der Waals surface area contributed by atoms with Crippen LogP contribution in [0.15, 0.2) is 48.2 Å². The molecule has 3 aromatic carbocycles. The molecule has 2 fully saturated rings. The standard InChI is InChI=1S/C34H36O19/c1-11-24(41)27(44)29(46)33(49-11)48-10-23-26(43)28(45)31(53-32(47)13-5-19(39)25(42)20(40)6-13)34(52-23)51-22-9-15-17(37)7-14(35)8-21(15)50-30(22)12-2-3-16(36)18(38)4-12/h2-9,11,23-24,26-31,33-46H,10H2,1H3/p+1/t11-,23-,24+,26+,27+,28+,29+,30?,31-,33+,34-/m1/s1. The van der Waals surface area contributed by atoms with E-state index < -0.39 is 120 Å². The Bertz CT molecular complexity index is 1860. The molecule has 0 amide bonds. The van der Waals surface area contributed by atoms with E-state index in [0.29, 0.717) is 0 Å². The molecule has 2 saturated heterocycles. The van der Waals surface area contributed by atoms with Crippen molar-refractivity contribution in [3.05, 3.63) is 64.9 Å². The van der Waals surface area contributed by atoms with E-state index in [9.17, 15) is 66.1 Å². The third-order valence-electron chi connectivity index (χ3n) is 8.94. The van der Waals surface area contributed by atoms with E-state index in [4.69, 9.17) is 23.7 Å². The van der Waals surface area contributed by atoms with E-state index in [-0.39, 0.29) is 28.4 Å². The largest absolute Gasteiger partial charge is 0.571 e. The van der Waals surface area contributed by atoms with Crippen molar-refractivity contribution >= 4 is 12.0 Å². The molecule has 0 radical (unpaired) electrons.